The van der Waals surface area contributed by atoms with E-state index in [2.05, 4.69) is 27.4 Å². The number of hydrogen-bond acceptors (Lipinski definition) is 5. The van der Waals surface area contributed by atoms with Crippen molar-refractivity contribution in [3.05, 3.63) is 11.1 Å². The van der Waals surface area contributed by atoms with Crippen LogP contribution in [0.3, 0.4) is 0 Å². The van der Waals surface area contributed by atoms with E-state index in [1.54, 1.807) is 0 Å². The van der Waals surface area contributed by atoms with Crippen molar-refractivity contribution in [1.29, 1.82) is 0 Å². The molecule has 2 saturated heterocycles. The molecule has 3 heterocycles. The highest BCUT2D eigenvalue weighted by molar-refractivity contribution is 7.13. The Morgan fingerprint density at radius 2 is 2.39 bits per heavy atom. The molecule has 2 N–H and O–H groups in total. The third-order valence-electron chi connectivity index (χ3n) is 4.54. The van der Waals surface area contributed by atoms with Gasteiger partial charge in [-0.05, 0) is 31.7 Å². The number of rotatable bonds is 4. The zero-order valence-corrected chi connectivity index (χ0v) is 14.3. The lowest BCUT2D eigenvalue weighted by atomic mass is 9.98. The summed E-state index contributed by atoms with van der Waals surface area (Å²) in [6.45, 7) is 5.83. The number of carbonyl (C=O) groups excluding carboxylic acids is 2. The summed E-state index contributed by atoms with van der Waals surface area (Å²) in [6.07, 6.45) is 3.60. The molecule has 1 aromatic rings. The van der Waals surface area contributed by atoms with Crippen LogP contribution in [0.4, 0.5) is 5.13 Å². The van der Waals surface area contributed by atoms with Gasteiger partial charge in [0.15, 0.2) is 5.13 Å². The predicted molar refractivity (Wildman–Crippen MR) is 90.2 cm³/mol. The van der Waals surface area contributed by atoms with Crippen molar-refractivity contribution in [3.8, 4) is 0 Å². The number of nitrogens with zero attached hydrogens (tertiary/aromatic N) is 2. The van der Waals surface area contributed by atoms with Crippen molar-refractivity contribution in [2.75, 3.05) is 25.0 Å². The highest BCUT2D eigenvalue weighted by Gasteiger charge is 2.25. The molecule has 0 aliphatic carbocycles. The first kappa shape index (κ1) is 16.4. The van der Waals surface area contributed by atoms with Gasteiger partial charge in [0.25, 0.3) is 0 Å². The molecule has 6 nitrogen and oxygen atoms in total. The van der Waals surface area contributed by atoms with Gasteiger partial charge in [0, 0.05) is 31.4 Å². The minimum Gasteiger partial charge on any atom is -0.355 e. The van der Waals surface area contributed by atoms with Crippen molar-refractivity contribution in [3.63, 3.8) is 0 Å². The van der Waals surface area contributed by atoms with Crippen molar-refractivity contribution in [1.82, 2.24) is 15.2 Å². The van der Waals surface area contributed by atoms with E-state index in [1.807, 2.05) is 5.38 Å². The van der Waals surface area contributed by atoms with E-state index in [-0.39, 0.29) is 17.7 Å². The summed E-state index contributed by atoms with van der Waals surface area (Å²) >= 11 is 1.47. The van der Waals surface area contributed by atoms with Gasteiger partial charge in [-0.3, -0.25) is 14.5 Å². The fourth-order valence-corrected chi connectivity index (χ4v) is 3.96. The molecule has 2 aliphatic heterocycles. The Morgan fingerprint density at radius 3 is 3.13 bits per heavy atom. The van der Waals surface area contributed by atoms with Crippen LogP contribution in [-0.4, -0.2) is 41.3 Å². The first-order chi connectivity index (χ1) is 11.1. The normalized spacial score (nSPS) is 25.9. The summed E-state index contributed by atoms with van der Waals surface area (Å²) in [5.74, 6) is 0.588. The third-order valence-corrected chi connectivity index (χ3v) is 5.35. The summed E-state index contributed by atoms with van der Waals surface area (Å²) in [7, 11) is 0. The molecule has 0 unspecified atom stereocenters. The van der Waals surface area contributed by atoms with Gasteiger partial charge in [0.1, 0.15) is 0 Å². The molecule has 0 aromatic carbocycles. The molecule has 0 saturated carbocycles. The van der Waals surface area contributed by atoms with Crippen molar-refractivity contribution < 1.29 is 9.59 Å². The maximum Gasteiger partial charge on any atom is 0.231 e. The number of amides is 2. The lowest BCUT2D eigenvalue weighted by molar-refractivity contribution is -0.126. The van der Waals surface area contributed by atoms with Crippen molar-refractivity contribution >= 4 is 28.3 Å². The van der Waals surface area contributed by atoms with E-state index in [0.717, 1.165) is 31.2 Å². The van der Waals surface area contributed by atoms with E-state index in [4.69, 9.17) is 0 Å². The minimum atomic E-state index is -0.150. The van der Waals surface area contributed by atoms with Crippen LogP contribution in [-0.2, 0) is 16.1 Å². The molecule has 0 bridgehead atoms. The Labute approximate surface area is 140 Å². The van der Waals surface area contributed by atoms with E-state index < -0.39 is 0 Å². The summed E-state index contributed by atoms with van der Waals surface area (Å²) < 4.78 is 0. The lowest BCUT2D eigenvalue weighted by Crippen LogP contribution is -2.40. The average Bonchev–Trinajstić information content (AvgIpc) is 2.95. The highest BCUT2D eigenvalue weighted by Crippen LogP contribution is 2.22. The molecule has 3 rings (SSSR count). The molecule has 1 aromatic heterocycles. The maximum atomic E-state index is 12.2. The highest BCUT2D eigenvalue weighted by atomic mass is 32.1. The minimum absolute atomic E-state index is 0.0290. The van der Waals surface area contributed by atoms with Gasteiger partial charge in [-0.1, -0.05) is 6.92 Å². The van der Waals surface area contributed by atoms with Crippen LogP contribution in [0, 0.1) is 11.8 Å². The number of thiazole rings is 1. The molecular weight excluding hydrogens is 312 g/mol. The lowest BCUT2D eigenvalue weighted by Gasteiger charge is -2.30. The summed E-state index contributed by atoms with van der Waals surface area (Å²) in [5, 5.41) is 8.31. The summed E-state index contributed by atoms with van der Waals surface area (Å²) in [5.41, 5.74) is 1.02. The zero-order chi connectivity index (χ0) is 16.2. The average molecular weight is 336 g/mol. The number of aromatic nitrogens is 1. The van der Waals surface area contributed by atoms with Gasteiger partial charge >= 0.3 is 0 Å². The predicted octanol–water partition coefficient (Wildman–Crippen LogP) is 1.84. The first-order valence-corrected chi connectivity index (χ1v) is 9.22. The number of carbonyl (C=O) groups is 2. The largest absolute Gasteiger partial charge is 0.355 e. The Bertz CT molecular complexity index is 564. The Balaban J connectivity index is 1.50. The van der Waals surface area contributed by atoms with Crippen LogP contribution in [0.25, 0.3) is 0 Å². The molecule has 23 heavy (non-hydrogen) atoms. The second kappa shape index (κ2) is 7.40. The van der Waals surface area contributed by atoms with E-state index >= 15 is 0 Å². The monoisotopic (exact) mass is 336 g/mol. The maximum absolute atomic E-state index is 12.2. The van der Waals surface area contributed by atoms with Gasteiger partial charge in [0.2, 0.25) is 11.8 Å². The standard InChI is InChI=1S/C16H24N4O2S/c1-11-3-2-6-20(8-11)9-13-10-23-16(18-13)19-15(22)12-4-5-14(21)17-7-12/h10-12H,2-9H2,1H3,(H,17,21)(H,18,19,22)/t11-,12+/m1/s1. The van der Waals surface area contributed by atoms with Crippen LogP contribution in [0.15, 0.2) is 5.38 Å². The molecule has 2 amide bonds. The second-order valence-corrected chi connectivity index (χ2v) is 7.51. The molecule has 0 radical (unpaired) electrons. The molecule has 7 heteroatoms. The smallest absolute Gasteiger partial charge is 0.231 e. The quantitative estimate of drug-likeness (QED) is 0.880. The fraction of sp³-hybridized carbons (Fsp3) is 0.688. The second-order valence-electron chi connectivity index (χ2n) is 6.66. The Kier molecular flexibility index (Phi) is 5.27. The van der Waals surface area contributed by atoms with Gasteiger partial charge in [-0.15, -0.1) is 11.3 Å². The van der Waals surface area contributed by atoms with Crippen LogP contribution >= 0.6 is 11.3 Å². The number of likely N-dealkylation sites (tertiary alicyclic amines) is 1. The Hall–Kier alpha value is -1.47. The molecule has 2 fully saturated rings. The zero-order valence-electron chi connectivity index (χ0n) is 13.5. The van der Waals surface area contributed by atoms with Crippen molar-refractivity contribution in [2.45, 2.75) is 39.2 Å². The Morgan fingerprint density at radius 1 is 1.52 bits per heavy atom. The topological polar surface area (TPSA) is 74.3 Å². The number of piperidine rings is 2. The first-order valence-electron chi connectivity index (χ1n) is 8.34. The molecule has 126 valence electrons. The van der Waals surface area contributed by atoms with Crippen LogP contribution in [0.5, 0.6) is 0 Å². The van der Waals surface area contributed by atoms with Gasteiger partial charge in [-0.25, -0.2) is 4.98 Å². The summed E-state index contributed by atoms with van der Waals surface area (Å²) in [4.78, 5) is 30.3. The molecular formula is C16H24N4O2S. The summed E-state index contributed by atoms with van der Waals surface area (Å²) in [6, 6.07) is 0. The van der Waals surface area contributed by atoms with E-state index in [1.165, 1.54) is 24.2 Å². The van der Waals surface area contributed by atoms with Crippen LogP contribution in [0.2, 0.25) is 0 Å². The van der Waals surface area contributed by atoms with Gasteiger partial charge in [-0.2, -0.15) is 0 Å². The SMILES string of the molecule is C[C@@H]1CCCN(Cc2csc(NC(=O)[C@H]3CCC(=O)NC3)n2)C1. The van der Waals surface area contributed by atoms with E-state index in [0.29, 0.717) is 24.5 Å². The van der Waals surface area contributed by atoms with Gasteiger partial charge < -0.3 is 10.6 Å². The van der Waals surface area contributed by atoms with Crippen LogP contribution in [0.1, 0.15) is 38.3 Å². The van der Waals surface area contributed by atoms with Crippen LogP contribution < -0.4 is 10.6 Å². The number of hydrogen-bond donors (Lipinski definition) is 2. The molecule has 0 spiro atoms. The molecule has 2 atom stereocenters. The molecule has 2 aliphatic rings. The van der Waals surface area contributed by atoms with Crippen molar-refractivity contribution in [2.24, 2.45) is 11.8 Å². The fourth-order valence-electron chi connectivity index (χ4n) is 3.26. The van der Waals surface area contributed by atoms with Gasteiger partial charge in [0.05, 0.1) is 11.6 Å². The number of anilines is 1. The third kappa shape index (κ3) is 4.51. The number of nitrogens with one attached hydrogen (secondary N) is 2. The van der Waals surface area contributed by atoms with E-state index in [9.17, 15) is 9.59 Å².